The van der Waals surface area contributed by atoms with Crippen LogP contribution >= 0.6 is 0 Å². The van der Waals surface area contributed by atoms with E-state index in [1.165, 1.54) is 6.07 Å². The smallest absolute Gasteiger partial charge is 0.255 e. The van der Waals surface area contributed by atoms with E-state index in [9.17, 15) is 15.0 Å². The lowest BCUT2D eigenvalue weighted by Crippen LogP contribution is -2.22. The maximum Gasteiger partial charge on any atom is 0.255 e. The zero-order valence-electron chi connectivity index (χ0n) is 13.2. The highest BCUT2D eigenvalue weighted by Crippen LogP contribution is 2.27. The molecule has 0 saturated heterocycles. The highest BCUT2D eigenvalue weighted by molar-refractivity contribution is 6.01. The van der Waals surface area contributed by atoms with Crippen molar-refractivity contribution in [1.29, 1.82) is 0 Å². The van der Waals surface area contributed by atoms with Gasteiger partial charge < -0.3 is 20.6 Å². The van der Waals surface area contributed by atoms with Gasteiger partial charge in [-0.3, -0.25) is 4.79 Å². The fraction of sp³-hybridized carbons (Fsp3) is 0.105. The normalized spacial score (nSPS) is 9.92. The van der Waals surface area contributed by atoms with E-state index in [1.54, 1.807) is 24.3 Å². The van der Waals surface area contributed by atoms with Crippen molar-refractivity contribution in [2.45, 2.75) is 6.54 Å². The minimum absolute atomic E-state index is 0.108. The molecule has 1 amide bonds. The van der Waals surface area contributed by atoms with Crippen LogP contribution in [0.4, 0.5) is 0 Å². The Morgan fingerprint density at radius 3 is 2.33 bits per heavy atom. The van der Waals surface area contributed by atoms with Gasteiger partial charge >= 0.3 is 0 Å². The molecule has 0 unspecified atom stereocenters. The SMILES string of the molecule is CO.O=C(NCc1ccccc1)c1cc2ccc(O)cc2cc1O. The van der Waals surface area contributed by atoms with Crippen molar-refractivity contribution in [2.24, 2.45) is 0 Å². The number of benzene rings is 3. The number of phenols is 2. The summed E-state index contributed by atoms with van der Waals surface area (Å²) in [4.78, 5) is 12.2. The third-order valence-electron chi connectivity index (χ3n) is 3.48. The largest absolute Gasteiger partial charge is 0.508 e. The van der Waals surface area contributed by atoms with E-state index in [0.29, 0.717) is 11.9 Å². The van der Waals surface area contributed by atoms with Gasteiger partial charge in [0.05, 0.1) is 5.56 Å². The minimum atomic E-state index is -0.337. The highest BCUT2D eigenvalue weighted by Gasteiger charge is 2.12. The molecule has 4 N–H and O–H groups in total. The Morgan fingerprint density at radius 2 is 1.62 bits per heavy atom. The Hall–Kier alpha value is -3.05. The van der Waals surface area contributed by atoms with E-state index in [0.717, 1.165) is 18.1 Å². The van der Waals surface area contributed by atoms with Crippen LogP contribution in [0.2, 0.25) is 0 Å². The van der Waals surface area contributed by atoms with E-state index in [1.807, 2.05) is 30.3 Å². The highest BCUT2D eigenvalue weighted by atomic mass is 16.3. The van der Waals surface area contributed by atoms with Crippen molar-refractivity contribution in [3.05, 3.63) is 71.8 Å². The van der Waals surface area contributed by atoms with E-state index < -0.39 is 0 Å². The Morgan fingerprint density at radius 1 is 0.917 bits per heavy atom. The molecule has 0 aromatic heterocycles. The first-order valence-corrected chi connectivity index (χ1v) is 7.36. The van der Waals surface area contributed by atoms with Crippen LogP contribution in [-0.2, 0) is 6.54 Å². The number of aliphatic hydroxyl groups excluding tert-OH is 1. The number of phenolic OH excluding ortho intramolecular Hbond substituents is 2. The summed E-state index contributed by atoms with van der Waals surface area (Å²) in [6.07, 6.45) is 0. The zero-order valence-corrected chi connectivity index (χ0v) is 13.2. The van der Waals surface area contributed by atoms with Gasteiger partial charge in [-0.2, -0.15) is 0 Å². The Labute approximate surface area is 139 Å². The average molecular weight is 325 g/mol. The van der Waals surface area contributed by atoms with Crippen LogP contribution in [0.1, 0.15) is 15.9 Å². The van der Waals surface area contributed by atoms with Crippen molar-refractivity contribution in [2.75, 3.05) is 7.11 Å². The van der Waals surface area contributed by atoms with Crippen LogP contribution in [0, 0.1) is 0 Å². The van der Waals surface area contributed by atoms with Crippen LogP contribution in [-0.4, -0.2) is 28.3 Å². The van der Waals surface area contributed by atoms with Crippen molar-refractivity contribution >= 4 is 16.7 Å². The Kier molecular flexibility index (Phi) is 5.76. The summed E-state index contributed by atoms with van der Waals surface area (Å²) in [5.74, 6) is -0.326. The van der Waals surface area contributed by atoms with Gasteiger partial charge in [0.25, 0.3) is 5.91 Å². The van der Waals surface area contributed by atoms with Gasteiger partial charge in [-0.25, -0.2) is 0 Å². The fourth-order valence-corrected chi connectivity index (χ4v) is 2.33. The number of hydrogen-bond donors (Lipinski definition) is 4. The Balaban J connectivity index is 0.00000100. The third-order valence-corrected chi connectivity index (χ3v) is 3.48. The minimum Gasteiger partial charge on any atom is -0.508 e. The lowest BCUT2D eigenvalue weighted by Gasteiger charge is -2.09. The molecule has 0 saturated carbocycles. The maximum atomic E-state index is 12.2. The molecule has 0 heterocycles. The average Bonchev–Trinajstić information content (AvgIpc) is 2.61. The van der Waals surface area contributed by atoms with E-state index in [4.69, 9.17) is 5.11 Å². The molecule has 0 fully saturated rings. The van der Waals surface area contributed by atoms with Crippen LogP contribution in [0.25, 0.3) is 10.8 Å². The van der Waals surface area contributed by atoms with E-state index in [2.05, 4.69) is 5.32 Å². The first-order chi connectivity index (χ1) is 11.6. The number of aliphatic hydroxyl groups is 1. The van der Waals surface area contributed by atoms with Crippen molar-refractivity contribution in [3.8, 4) is 11.5 Å². The predicted octanol–water partition coefficient (Wildman–Crippen LogP) is 2.79. The second kappa shape index (κ2) is 7.99. The third kappa shape index (κ3) is 4.02. The summed E-state index contributed by atoms with van der Waals surface area (Å²) in [5.41, 5.74) is 1.20. The Bertz CT molecular complexity index is 831. The fourth-order valence-electron chi connectivity index (χ4n) is 2.33. The van der Waals surface area contributed by atoms with Gasteiger partial charge in [-0.15, -0.1) is 0 Å². The molecule has 3 aromatic carbocycles. The number of fused-ring (bicyclic) bond motifs is 1. The molecular formula is C19H19NO4. The van der Waals surface area contributed by atoms with Crippen LogP contribution in [0.3, 0.4) is 0 Å². The first-order valence-electron chi connectivity index (χ1n) is 7.36. The van der Waals surface area contributed by atoms with E-state index >= 15 is 0 Å². The molecule has 0 aliphatic rings. The van der Waals surface area contributed by atoms with Crippen LogP contribution < -0.4 is 5.32 Å². The molecule has 0 aliphatic heterocycles. The standard InChI is InChI=1S/C18H15NO3.CH4O/c20-15-7-6-13-9-16(17(21)10-14(13)8-15)18(22)19-11-12-4-2-1-3-5-12;1-2/h1-10,20-21H,11H2,(H,19,22);2H,1H3. The number of nitrogens with one attached hydrogen (secondary N) is 1. The summed E-state index contributed by atoms with van der Waals surface area (Å²) < 4.78 is 0. The van der Waals surface area contributed by atoms with Crippen LogP contribution in [0.15, 0.2) is 60.7 Å². The predicted molar refractivity (Wildman–Crippen MR) is 93.0 cm³/mol. The van der Waals surface area contributed by atoms with Gasteiger partial charge in [0.15, 0.2) is 0 Å². The summed E-state index contributed by atoms with van der Waals surface area (Å²) in [6.45, 7) is 0.396. The molecule has 3 rings (SSSR count). The first kappa shape index (κ1) is 17.3. The van der Waals surface area contributed by atoms with Crippen molar-refractivity contribution in [3.63, 3.8) is 0 Å². The number of aromatic hydroxyl groups is 2. The van der Waals surface area contributed by atoms with Crippen LogP contribution in [0.5, 0.6) is 11.5 Å². The number of carbonyl (C=O) groups is 1. The molecule has 0 radical (unpaired) electrons. The van der Waals surface area contributed by atoms with E-state index in [-0.39, 0.29) is 23.0 Å². The van der Waals surface area contributed by atoms with Gasteiger partial charge in [0, 0.05) is 13.7 Å². The number of hydrogen-bond acceptors (Lipinski definition) is 4. The molecule has 0 bridgehead atoms. The molecule has 0 spiro atoms. The molecule has 0 atom stereocenters. The summed E-state index contributed by atoms with van der Waals surface area (Å²) >= 11 is 0. The molecule has 5 nitrogen and oxygen atoms in total. The quantitative estimate of drug-likeness (QED) is 0.596. The lowest BCUT2D eigenvalue weighted by atomic mass is 10.0. The van der Waals surface area contributed by atoms with Gasteiger partial charge in [-0.1, -0.05) is 36.4 Å². The molecular weight excluding hydrogens is 306 g/mol. The number of amides is 1. The molecule has 0 aliphatic carbocycles. The lowest BCUT2D eigenvalue weighted by molar-refractivity contribution is 0.0948. The van der Waals surface area contributed by atoms with Crippen molar-refractivity contribution < 1.29 is 20.1 Å². The monoisotopic (exact) mass is 325 g/mol. The van der Waals surface area contributed by atoms with Crippen molar-refractivity contribution in [1.82, 2.24) is 5.32 Å². The summed E-state index contributed by atoms with van der Waals surface area (Å²) in [7, 11) is 1.00. The zero-order chi connectivity index (χ0) is 17.5. The van der Waals surface area contributed by atoms with Gasteiger partial charge in [0.1, 0.15) is 11.5 Å². The van der Waals surface area contributed by atoms with Gasteiger partial charge in [0.2, 0.25) is 0 Å². The molecule has 3 aromatic rings. The topological polar surface area (TPSA) is 89.8 Å². The number of rotatable bonds is 3. The molecule has 5 heteroatoms. The second-order valence-corrected chi connectivity index (χ2v) is 5.07. The second-order valence-electron chi connectivity index (χ2n) is 5.07. The number of carbonyl (C=O) groups excluding carboxylic acids is 1. The maximum absolute atomic E-state index is 12.2. The summed E-state index contributed by atoms with van der Waals surface area (Å²) in [5, 5.41) is 30.7. The van der Waals surface area contributed by atoms with Gasteiger partial charge in [-0.05, 0) is 40.6 Å². The summed E-state index contributed by atoms with van der Waals surface area (Å²) in [6, 6.07) is 17.5. The molecule has 24 heavy (non-hydrogen) atoms. The molecule has 124 valence electrons.